The Morgan fingerprint density at radius 3 is 1.63 bits per heavy atom. The molecule has 0 N–H and O–H groups in total. The number of hydrogen-bond acceptors (Lipinski definition) is 3. The first kappa shape index (κ1) is 20.5. The Kier molecular flexibility index (Phi) is 5.61. The quantitative estimate of drug-likeness (QED) is 0.383. The lowest BCUT2D eigenvalue weighted by atomic mass is 10.0. The highest BCUT2D eigenvalue weighted by Crippen LogP contribution is 2.34. The van der Waals surface area contributed by atoms with Crippen molar-refractivity contribution in [3.63, 3.8) is 0 Å². The highest BCUT2D eigenvalue weighted by molar-refractivity contribution is 7.97. The Morgan fingerprint density at radius 1 is 0.800 bits per heavy atom. The summed E-state index contributed by atoms with van der Waals surface area (Å²) in [6.07, 6.45) is 0.0170. The number of benzene rings is 3. The second kappa shape index (κ2) is 8.19. The third-order valence-electron chi connectivity index (χ3n) is 5.17. The molecule has 0 aromatic heterocycles. The van der Waals surface area contributed by atoms with Crippen molar-refractivity contribution in [3.8, 4) is 5.75 Å². The molecule has 1 atom stereocenters. The van der Waals surface area contributed by atoms with Crippen LogP contribution in [0.2, 0.25) is 0 Å². The van der Waals surface area contributed by atoms with Crippen molar-refractivity contribution in [2.75, 3.05) is 0 Å². The summed E-state index contributed by atoms with van der Waals surface area (Å²) in [5.74, 6) is 0.401. The summed E-state index contributed by atoms with van der Waals surface area (Å²) in [5, 5.41) is 0. The van der Waals surface area contributed by atoms with E-state index in [9.17, 15) is 4.79 Å². The molecule has 3 nitrogen and oxygen atoms in total. The van der Waals surface area contributed by atoms with Crippen LogP contribution in [-0.4, -0.2) is 17.7 Å². The van der Waals surface area contributed by atoms with Gasteiger partial charge in [0.25, 0.3) is 0 Å². The average Bonchev–Trinajstić information content (AvgIpc) is 2.97. The summed E-state index contributed by atoms with van der Waals surface area (Å²) in [7, 11) is -0.210. The zero-order valence-electron chi connectivity index (χ0n) is 17.8. The second-order valence-corrected chi connectivity index (χ2v) is 10.4. The van der Waals surface area contributed by atoms with Gasteiger partial charge in [-0.25, -0.2) is 4.79 Å². The lowest BCUT2D eigenvalue weighted by Crippen LogP contribution is -2.22. The van der Waals surface area contributed by atoms with E-state index in [-0.39, 0.29) is 16.9 Å². The van der Waals surface area contributed by atoms with Crippen LogP contribution in [0, 0.1) is 13.8 Å². The number of esters is 1. The maximum Gasteiger partial charge on any atom is 0.348 e. The molecule has 1 aliphatic heterocycles. The molecule has 1 aliphatic rings. The Labute approximate surface area is 181 Å². The summed E-state index contributed by atoms with van der Waals surface area (Å²) in [6, 6.07) is 25.6. The first-order chi connectivity index (χ1) is 14.3. The second-order valence-electron chi connectivity index (χ2n) is 8.40. The molecule has 154 valence electrons. The predicted octanol–water partition coefficient (Wildman–Crippen LogP) is 5.87. The molecule has 0 amide bonds. The SMILES string of the molecule is Cc1ccc([S+](c2ccc(C)cc2)c2ccc(OC3CC(C)(C)OC3=O)cc2)cc1. The van der Waals surface area contributed by atoms with Gasteiger partial charge in [-0.3, -0.25) is 0 Å². The minimum atomic E-state index is -0.543. The van der Waals surface area contributed by atoms with Gasteiger partial charge >= 0.3 is 5.97 Å². The van der Waals surface area contributed by atoms with Crippen molar-refractivity contribution in [1.29, 1.82) is 0 Å². The molecule has 0 bridgehead atoms. The van der Waals surface area contributed by atoms with Gasteiger partial charge in [0.05, 0.1) is 10.9 Å². The normalized spacial score (nSPS) is 17.8. The first-order valence-corrected chi connectivity index (χ1v) is 11.4. The number of hydrogen-bond donors (Lipinski definition) is 0. The molecule has 30 heavy (non-hydrogen) atoms. The number of carbonyl (C=O) groups excluding carboxylic acids is 1. The Morgan fingerprint density at radius 2 is 1.23 bits per heavy atom. The number of carbonyl (C=O) groups is 1. The molecule has 0 saturated carbocycles. The van der Waals surface area contributed by atoms with Crippen molar-refractivity contribution in [1.82, 2.24) is 0 Å². The van der Waals surface area contributed by atoms with Crippen molar-refractivity contribution in [2.45, 2.75) is 60.5 Å². The van der Waals surface area contributed by atoms with Gasteiger partial charge in [-0.15, -0.1) is 0 Å². The molecular weight excluding hydrogens is 392 g/mol. The van der Waals surface area contributed by atoms with E-state index in [4.69, 9.17) is 9.47 Å². The van der Waals surface area contributed by atoms with E-state index in [0.717, 1.165) is 0 Å². The third-order valence-corrected chi connectivity index (χ3v) is 7.40. The highest BCUT2D eigenvalue weighted by Gasteiger charge is 2.41. The molecule has 0 spiro atoms. The number of ether oxygens (including phenoxy) is 2. The van der Waals surface area contributed by atoms with Crippen LogP contribution in [0.15, 0.2) is 87.5 Å². The minimum absolute atomic E-state index is 0.210. The molecule has 3 aromatic rings. The van der Waals surface area contributed by atoms with Gasteiger partial charge < -0.3 is 9.47 Å². The molecule has 4 rings (SSSR count). The predicted molar refractivity (Wildman–Crippen MR) is 120 cm³/mol. The van der Waals surface area contributed by atoms with Gasteiger partial charge in [0.2, 0.25) is 0 Å². The van der Waals surface area contributed by atoms with E-state index in [1.165, 1.54) is 25.8 Å². The molecule has 1 unspecified atom stereocenters. The average molecular weight is 420 g/mol. The van der Waals surface area contributed by atoms with Crippen LogP contribution in [0.5, 0.6) is 5.75 Å². The molecule has 1 saturated heterocycles. The van der Waals surface area contributed by atoms with Crippen molar-refractivity contribution < 1.29 is 14.3 Å². The Bertz CT molecular complexity index is 976. The fraction of sp³-hybridized carbons (Fsp3) is 0.269. The van der Waals surface area contributed by atoms with Crippen molar-refractivity contribution >= 4 is 16.9 Å². The van der Waals surface area contributed by atoms with Gasteiger partial charge in [0.15, 0.2) is 20.8 Å². The van der Waals surface area contributed by atoms with Crippen LogP contribution in [0.1, 0.15) is 31.4 Å². The number of cyclic esters (lactones) is 1. The van der Waals surface area contributed by atoms with Gasteiger partial charge in [-0.05, 0) is 76.2 Å². The highest BCUT2D eigenvalue weighted by atomic mass is 32.2. The lowest BCUT2D eigenvalue weighted by molar-refractivity contribution is -0.150. The smallest absolute Gasteiger partial charge is 0.348 e. The molecule has 0 radical (unpaired) electrons. The maximum absolute atomic E-state index is 12.0. The fourth-order valence-corrected chi connectivity index (χ4v) is 5.62. The Balaban J connectivity index is 1.62. The van der Waals surface area contributed by atoms with E-state index < -0.39 is 11.7 Å². The van der Waals surface area contributed by atoms with Gasteiger partial charge in [-0.2, -0.15) is 0 Å². The third kappa shape index (κ3) is 4.54. The topological polar surface area (TPSA) is 35.5 Å². The molecule has 4 heteroatoms. The monoisotopic (exact) mass is 419 g/mol. The standard InChI is InChI=1S/C26H27O3S/c1-18-5-11-21(12-6-18)30(22-13-7-19(2)8-14-22)23-15-9-20(10-16-23)28-24-17-26(3,4)29-25(24)27/h5-16,24H,17H2,1-4H3/q+1. The van der Waals surface area contributed by atoms with E-state index in [1.54, 1.807) is 0 Å². The van der Waals surface area contributed by atoms with E-state index in [0.29, 0.717) is 12.2 Å². The maximum atomic E-state index is 12.0. The van der Waals surface area contributed by atoms with E-state index in [1.807, 2.05) is 26.0 Å². The van der Waals surface area contributed by atoms with Crippen LogP contribution in [-0.2, 0) is 20.4 Å². The minimum Gasteiger partial charge on any atom is -0.479 e. The summed E-state index contributed by atoms with van der Waals surface area (Å²) >= 11 is 0. The zero-order valence-corrected chi connectivity index (χ0v) is 18.7. The summed E-state index contributed by atoms with van der Waals surface area (Å²) < 4.78 is 11.3. The zero-order chi connectivity index (χ0) is 21.3. The Hall–Kier alpha value is -2.72. The molecule has 3 aromatic carbocycles. The van der Waals surface area contributed by atoms with Crippen molar-refractivity contribution in [2.24, 2.45) is 0 Å². The van der Waals surface area contributed by atoms with Crippen molar-refractivity contribution in [3.05, 3.63) is 83.9 Å². The molecular formula is C26H27O3S+. The first-order valence-electron chi connectivity index (χ1n) is 10.2. The summed E-state index contributed by atoms with van der Waals surface area (Å²) in [6.45, 7) is 8.03. The summed E-state index contributed by atoms with van der Waals surface area (Å²) in [5.41, 5.74) is 2.04. The lowest BCUT2D eigenvalue weighted by Gasteiger charge is -2.14. The number of aryl methyl sites for hydroxylation is 2. The van der Waals surface area contributed by atoms with Gasteiger partial charge in [0, 0.05) is 6.42 Å². The fourth-order valence-electron chi connectivity index (χ4n) is 3.57. The van der Waals surface area contributed by atoms with E-state index in [2.05, 4.69) is 74.5 Å². The largest absolute Gasteiger partial charge is 0.479 e. The molecule has 1 heterocycles. The summed E-state index contributed by atoms with van der Waals surface area (Å²) in [4.78, 5) is 15.8. The van der Waals surface area contributed by atoms with Crippen LogP contribution in [0.4, 0.5) is 0 Å². The van der Waals surface area contributed by atoms with Gasteiger partial charge in [-0.1, -0.05) is 35.4 Å². The number of rotatable bonds is 5. The van der Waals surface area contributed by atoms with Crippen LogP contribution < -0.4 is 4.74 Å². The van der Waals surface area contributed by atoms with Crippen LogP contribution in [0.3, 0.4) is 0 Å². The van der Waals surface area contributed by atoms with Crippen LogP contribution in [0.25, 0.3) is 0 Å². The van der Waals surface area contributed by atoms with E-state index >= 15 is 0 Å². The van der Waals surface area contributed by atoms with Crippen LogP contribution >= 0.6 is 0 Å². The molecule has 0 aliphatic carbocycles. The van der Waals surface area contributed by atoms with Gasteiger partial charge in [0.1, 0.15) is 11.4 Å². The molecule has 1 fully saturated rings.